The van der Waals surface area contributed by atoms with E-state index in [-0.39, 0.29) is 0 Å². The van der Waals surface area contributed by atoms with Crippen molar-refractivity contribution in [3.63, 3.8) is 0 Å². The van der Waals surface area contributed by atoms with Gasteiger partial charge in [-0.25, -0.2) is 4.98 Å². The molecule has 6 heteroatoms. The third-order valence-electron chi connectivity index (χ3n) is 2.11. The van der Waals surface area contributed by atoms with Crippen LogP contribution in [-0.2, 0) is 6.54 Å². The van der Waals surface area contributed by atoms with Gasteiger partial charge in [0.15, 0.2) is 0 Å². The Morgan fingerprint density at radius 1 is 1.53 bits per heavy atom. The van der Waals surface area contributed by atoms with Crippen LogP contribution >= 0.6 is 0 Å². The summed E-state index contributed by atoms with van der Waals surface area (Å²) in [5, 5.41) is 2.89. The van der Waals surface area contributed by atoms with Crippen LogP contribution in [0.2, 0.25) is 0 Å². The summed E-state index contributed by atoms with van der Waals surface area (Å²) in [6, 6.07) is -0.615. The molecule has 0 aromatic carbocycles. The first kappa shape index (κ1) is 12.0. The molecule has 0 spiro atoms. The first-order chi connectivity index (χ1) is 6.94. The summed E-state index contributed by atoms with van der Waals surface area (Å²) in [5.74, 6) is 0. The fourth-order valence-corrected chi connectivity index (χ4v) is 1.48. The monoisotopic (exact) mass is 221 g/mol. The van der Waals surface area contributed by atoms with Crippen molar-refractivity contribution in [3.05, 3.63) is 18.2 Å². The molecule has 1 atom stereocenters. The Hall–Kier alpha value is -1.04. The van der Waals surface area contributed by atoms with Crippen molar-refractivity contribution in [1.29, 1.82) is 0 Å². The SMILES string of the molecule is CNCc1cncn1C(C)CC(F)(F)F. The van der Waals surface area contributed by atoms with Crippen LogP contribution in [0.5, 0.6) is 0 Å². The van der Waals surface area contributed by atoms with E-state index in [0.717, 1.165) is 5.69 Å². The lowest BCUT2D eigenvalue weighted by atomic mass is 10.2. The minimum Gasteiger partial charge on any atom is -0.330 e. The number of alkyl halides is 3. The molecule has 1 heterocycles. The molecular formula is C9H14F3N3. The van der Waals surface area contributed by atoms with Gasteiger partial charge in [0, 0.05) is 18.8 Å². The van der Waals surface area contributed by atoms with Crippen LogP contribution in [0.1, 0.15) is 25.1 Å². The molecule has 0 saturated heterocycles. The van der Waals surface area contributed by atoms with E-state index in [1.807, 2.05) is 0 Å². The normalized spacial score (nSPS) is 14.2. The highest BCUT2D eigenvalue weighted by atomic mass is 19.4. The molecule has 0 bridgehead atoms. The number of rotatable bonds is 4. The molecule has 3 nitrogen and oxygen atoms in total. The number of hydrogen-bond donors (Lipinski definition) is 1. The molecule has 1 aromatic heterocycles. The van der Waals surface area contributed by atoms with Gasteiger partial charge in [-0.3, -0.25) is 0 Å². The van der Waals surface area contributed by atoms with E-state index in [1.165, 1.54) is 13.3 Å². The van der Waals surface area contributed by atoms with Crippen LogP contribution in [0.3, 0.4) is 0 Å². The third kappa shape index (κ3) is 3.54. The number of imidazole rings is 1. The molecule has 1 unspecified atom stereocenters. The highest BCUT2D eigenvalue weighted by Gasteiger charge is 2.31. The van der Waals surface area contributed by atoms with E-state index in [9.17, 15) is 13.2 Å². The maximum absolute atomic E-state index is 12.2. The molecule has 0 amide bonds. The lowest BCUT2D eigenvalue weighted by Crippen LogP contribution is -2.19. The van der Waals surface area contributed by atoms with E-state index >= 15 is 0 Å². The number of aromatic nitrogens is 2. The molecule has 15 heavy (non-hydrogen) atoms. The molecule has 0 radical (unpaired) electrons. The fourth-order valence-electron chi connectivity index (χ4n) is 1.48. The molecule has 0 saturated carbocycles. The summed E-state index contributed by atoms with van der Waals surface area (Å²) in [5.41, 5.74) is 0.759. The zero-order valence-corrected chi connectivity index (χ0v) is 8.67. The second kappa shape index (κ2) is 4.65. The fraction of sp³-hybridized carbons (Fsp3) is 0.667. The largest absolute Gasteiger partial charge is 0.391 e. The van der Waals surface area contributed by atoms with Gasteiger partial charge in [-0.1, -0.05) is 0 Å². The predicted molar refractivity (Wildman–Crippen MR) is 50.4 cm³/mol. The number of halogens is 3. The van der Waals surface area contributed by atoms with E-state index < -0.39 is 18.6 Å². The van der Waals surface area contributed by atoms with Gasteiger partial charge in [0.25, 0.3) is 0 Å². The van der Waals surface area contributed by atoms with Crippen LogP contribution < -0.4 is 5.32 Å². The van der Waals surface area contributed by atoms with E-state index in [1.54, 1.807) is 17.8 Å². The van der Waals surface area contributed by atoms with E-state index in [0.29, 0.717) is 6.54 Å². The lowest BCUT2D eigenvalue weighted by Gasteiger charge is -2.18. The zero-order chi connectivity index (χ0) is 11.5. The van der Waals surface area contributed by atoms with Crippen LogP contribution in [0.15, 0.2) is 12.5 Å². The Balaban J connectivity index is 2.72. The predicted octanol–water partition coefficient (Wildman–Crippen LogP) is 2.12. The first-order valence-corrected chi connectivity index (χ1v) is 4.66. The van der Waals surface area contributed by atoms with Crippen molar-refractivity contribution in [3.8, 4) is 0 Å². The maximum Gasteiger partial charge on any atom is 0.391 e. The zero-order valence-electron chi connectivity index (χ0n) is 8.67. The topological polar surface area (TPSA) is 29.9 Å². The smallest absolute Gasteiger partial charge is 0.330 e. The summed E-state index contributed by atoms with van der Waals surface area (Å²) in [6.45, 7) is 2.05. The first-order valence-electron chi connectivity index (χ1n) is 4.66. The van der Waals surface area contributed by atoms with Gasteiger partial charge >= 0.3 is 6.18 Å². The Kier molecular flexibility index (Phi) is 3.73. The Bertz CT molecular complexity index is 306. The van der Waals surface area contributed by atoms with Gasteiger partial charge in [-0.2, -0.15) is 13.2 Å². The van der Waals surface area contributed by atoms with Crippen molar-refractivity contribution in [1.82, 2.24) is 14.9 Å². The number of nitrogens with zero attached hydrogens (tertiary/aromatic N) is 2. The number of nitrogens with one attached hydrogen (secondary N) is 1. The lowest BCUT2D eigenvalue weighted by molar-refractivity contribution is -0.141. The summed E-state index contributed by atoms with van der Waals surface area (Å²) >= 11 is 0. The van der Waals surface area contributed by atoms with Crippen molar-refractivity contribution < 1.29 is 13.2 Å². The molecule has 1 N–H and O–H groups in total. The van der Waals surface area contributed by atoms with E-state index in [4.69, 9.17) is 0 Å². The van der Waals surface area contributed by atoms with Gasteiger partial charge in [0.1, 0.15) is 0 Å². The average molecular weight is 221 g/mol. The Morgan fingerprint density at radius 3 is 2.73 bits per heavy atom. The minimum atomic E-state index is -4.14. The standard InChI is InChI=1S/C9H14F3N3/c1-7(3-9(10,11)12)15-6-14-5-8(15)4-13-2/h5-7,13H,3-4H2,1-2H3. The van der Waals surface area contributed by atoms with Crippen molar-refractivity contribution in [2.45, 2.75) is 32.1 Å². The Morgan fingerprint density at radius 2 is 2.20 bits per heavy atom. The molecule has 0 aliphatic rings. The van der Waals surface area contributed by atoms with Crippen LogP contribution in [0, 0.1) is 0 Å². The van der Waals surface area contributed by atoms with Crippen LogP contribution in [0.4, 0.5) is 13.2 Å². The molecule has 0 fully saturated rings. The molecule has 0 aliphatic carbocycles. The molecule has 1 aromatic rings. The van der Waals surface area contributed by atoms with Crippen LogP contribution in [0.25, 0.3) is 0 Å². The summed E-state index contributed by atoms with van der Waals surface area (Å²) in [4.78, 5) is 3.85. The van der Waals surface area contributed by atoms with Crippen molar-refractivity contribution in [2.75, 3.05) is 7.05 Å². The summed E-state index contributed by atoms with van der Waals surface area (Å²) in [6.07, 6.45) is -1.97. The maximum atomic E-state index is 12.2. The minimum absolute atomic E-state index is 0.516. The van der Waals surface area contributed by atoms with Gasteiger partial charge in [0.2, 0.25) is 0 Å². The number of hydrogen-bond acceptors (Lipinski definition) is 2. The Labute approximate surface area is 86.3 Å². The van der Waals surface area contributed by atoms with Gasteiger partial charge in [0.05, 0.1) is 18.4 Å². The van der Waals surface area contributed by atoms with Gasteiger partial charge < -0.3 is 9.88 Å². The average Bonchev–Trinajstić information content (AvgIpc) is 2.49. The second-order valence-corrected chi connectivity index (χ2v) is 3.49. The molecule has 86 valence electrons. The van der Waals surface area contributed by atoms with Crippen molar-refractivity contribution >= 4 is 0 Å². The summed E-state index contributed by atoms with van der Waals surface area (Å²) in [7, 11) is 1.74. The van der Waals surface area contributed by atoms with E-state index in [2.05, 4.69) is 10.3 Å². The highest BCUT2D eigenvalue weighted by molar-refractivity contribution is 4.99. The third-order valence-corrected chi connectivity index (χ3v) is 2.11. The summed E-state index contributed by atoms with van der Waals surface area (Å²) < 4.78 is 38.0. The molecule has 1 rings (SSSR count). The van der Waals surface area contributed by atoms with Gasteiger partial charge in [-0.15, -0.1) is 0 Å². The molecular weight excluding hydrogens is 207 g/mol. The van der Waals surface area contributed by atoms with Gasteiger partial charge in [-0.05, 0) is 14.0 Å². The molecule has 0 aliphatic heterocycles. The highest BCUT2D eigenvalue weighted by Crippen LogP contribution is 2.27. The second-order valence-electron chi connectivity index (χ2n) is 3.49. The van der Waals surface area contributed by atoms with Crippen LogP contribution in [-0.4, -0.2) is 22.8 Å². The van der Waals surface area contributed by atoms with Crippen molar-refractivity contribution in [2.24, 2.45) is 0 Å². The quantitative estimate of drug-likeness (QED) is 0.844.